The second-order valence-corrected chi connectivity index (χ2v) is 10.6. The van der Waals surface area contributed by atoms with Crippen LogP contribution in [0.1, 0.15) is 20.7 Å². The molecule has 0 bridgehead atoms. The number of para-hydroxylation sites is 4. The lowest BCUT2D eigenvalue weighted by Gasteiger charge is -2.19. The fraction of sp³-hybridized carbons (Fsp3) is 0.111. The Labute approximate surface area is 264 Å². The van der Waals surface area contributed by atoms with Gasteiger partial charge in [-0.25, -0.2) is 0 Å². The zero-order valence-electron chi connectivity index (χ0n) is 25.7. The number of fused-ring (bicyclic) bond motifs is 2. The van der Waals surface area contributed by atoms with Gasteiger partial charge < -0.3 is 29.1 Å². The largest absolute Gasteiger partial charge is 0.506 e. The van der Waals surface area contributed by atoms with Crippen LogP contribution in [0.25, 0.3) is 21.8 Å². The number of aromatic nitrogens is 2. The summed E-state index contributed by atoms with van der Waals surface area (Å²) in [6.45, 7) is 0. The third-order valence-electron chi connectivity index (χ3n) is 7.88. The Morgan fingerprint density at radius 2 is 0.826 bits per heavy atom. The Bertz CT molecular complexity index is 2050. The zero-order chi connectivity index (χ0) is 33.1. The van der Waals surface area contributed by atoms with E-state index in [1.165, 1.54) is 18.9 Å². The molecule has 10 nitrogen and oxygen atoms in total. The molecule has 0 saturated heterocycles. The number of anilines is 2. The molecule has 232 valence electrons. The first-order valence-corrected chi connectivity index (χ1v) is 14.3. The molecule has 0 fully saturated rings. The van der Waals surface area contributed by atoms with Gasteiger partial charge in [-0.3, -0.25) is 19.2 Å². The van der Waals surface area contributed by atoms with Crippen LogP contribution in [-0.4, -0.2) is 45.3 Å². The van der Waals surface area contributed by atoms with Crippen molar-refractivity contribution in [2.75, 3.05) is 23.9 Å². The Kier molecular flexibility index (Phi) is 8.72. The highest BCUT2D eigenvalue weighted by atomic mass is 16.3. The van der Waals surface area contributed by atoms with Crippen molar-refractivity contribution in [2.24, 2.45) is 14.1 Å². The SMILES string of the molecule is CN(C(=O)c1c(O)c2ccccc2n(C)c1=O)c1ccccc1.CN(C(=O)c1c(O)c2ccccc2n(C)c1=O)c1ccccc1. The number of carbonyl (C=O) groups excluding carboxylic acids is 2. The van der Waals surface area contributed by atoms with Crippen LogP contribution in [-0.2, 0) is 14.1 Å². The molecule has 10 heteroatoms. The summed E-state index contributed by atoms with van der Waals surface area (Å²) >= 11 is 0. The van der Waals surface area contributed by atoms with Crippen molar-refractivity contribution in [3.05, 3.63) is 141 Å². The van der Waals surface area contributed by atoms with Crippen LogP contribution in [0.2, 0.25) is 0 Å². The number of rotatable bonds is 4. The maximum absolute atomic E-state index is 12.7. The first-order chi connectivity index (χ1) is 22.0. The summed E-state index contributed by atoms with van der Waals surface area (Å²) in [6, 6.07) is 31.8. The summed E-state index contributed by atoms with van der Waals surface area (Å²) in [4.78, 5) is 53.2. The summed E-state index contributed by atoms with van der Waals surface area (Å²) in [5.74, 6) is -1.65. The van der Waals surface area contributed by atoms with Crippen LogP contribution in [0.5, 0.6) is 11.5 Å². The highest BCUT2D eigenvalue weighted by Crippen LogP contribution is 2.29. The third-order valence-corrected chi connectivity index (χ3v) is 7.88. The van der Waals surface area contributed by atoms with Gasteiger partial charge in [0, 0.05) is 50.3 Å². The van der Waals surface area contributed by atoms with Gasteiger partial charge in [-0.2, -0.15) is 0 Å². The van der Waals surface area contributed by atoms with Crippen LogP contribution in [0.15, 0.2) is 119 Å². The summed E-state index contributed by atoms with van der Waals surface area (Å²) in [6.07, 6.45) is 0. The molecule has 0 spiro atoms. The first-order valence-electron chi connectivity index (χ1n) is 14.3. The van der Waals surface area contributed by atoms with Gasteiger partial charge in [0.25, 0.3) is 22.9 Å². The van der Waals surface area contributed by atoms with Crippen molar-refractivity contribution in [1.29, 1.82) is 0 Å². The van der Waals surface area contributed by atoms with Gasteiger partial charge in [-0.05, 0) is 48.5 Å². The quantitative estimate of drug-likeness (QED) is 0.286. The Hall–Kier alpha value is -6.16. The average molecular weight is 617 g/mol. The smallest absolute Gasteiger partial charge is 0.267 e. The molecule has 2 N–H and O–H groups in total. The number of hydrogen-bond donors (Lipinski definition) is 2. The molecule has 0 unspecified atom stereocenters. The van der Waals surface area contributed by atoms with E-state index in [4.69, 9.17) is 0 Å². The van der Waals surface area contributed by atoms with Gasteiger partial charge in [-0.1, -0.05) is 60.7 Å². The minimum Gasteiger partial charge on any atom is -0.506 e. The number of benzene rings is 4. The van der Waals surface area contributed by atoms with Crippen LogP contribution < -0.4 is 20.9 Å². The van der Waals surface area contributed by atoms with E-state index in [0.29, 0.717) is 33.2 Å². The van der Waals surface area contributed by atoms with Crippen molar-refractivity contribution in [3.63, 3.8) is 0 Å². The summed E-state index contributed by atoms with van der Waals surface area (Å²) in [7, 11) is 6.32. The summed E-state index contributed by atoms with van der Waals surface area (Å²) in [5, 5.41) is 21.9. The zero-order valence-corrected chi connectivity index (χ0v) is 25.7. The van der Waals surface area contributed by atoms with E-state index in [1.54, 1.807) is 125 Å². The number of amides is 2. The molecule has 0 aliphatic rings. The Balaban J connectivity index is 0.000000181. The van der Waals surface area contributed by atoms with E-state index in [0.717, 1.165) is 0 Å². The average Bonchev–Trinajstić information content (AvgIpc) is 3.10. The number of carbonyl (C=O) groups is 2. The Morgan fingerprint density at radius 3 is 1.17 bits per heavy atom. The number of hydrogen-bond acceptors (Lipinski definition) is 6. The molecule has 2 amide bonds. The number of nitrogens with zero attached hydrogens (tertiary/aromatic N) is 4. The molecule has 46 heavy (non-hydrogen) atoms. The molecular formula is C36H32N4O6. The molecule has 0 aliphatic carbocycles. The van der Waals surface area contributed by atoms with E-state index in [9.17, 15) is 29.4 Å². The monoisotopic (exact) mass is 616 g/mol. The van der Waals surface area contributed by atoms with E-state index in [-0.39, 0.29) is 22.6 Å². The highest BCUT2D eigenvalue weighted by Gasteiger charge is 2.25. The lowest BCUT2D eigenvalue weighted by molar-refractivity contribution is 0.0980. The van der Waals surface area contributed by atoms with Crippen molar-refractivity contribution in [3.8, 4) is 11.5 Å². The molecule has 0 radical (unpaired) electrons. The van der Waals surface area contributed by atoms with Gasteiger partial charge in [0.05, 0.1) is 11.0 Å². The molecule has 0 aliphatic heterocycles. The predicted octanol–water partition coefficient (Wildman–Crippen LogP) is 5.04. The topological polar surface area (TPSA) is 125 Å². The van der Waals surface area contributed by atoms with Crippen LogP contribution in [0.4, 0.5) is 11.4 Å². The highest BCUT2D eigenvalue weighted by molar-refractivity contribution is 6.11. The first kappa shape index (κ1) is 31.3. The molecular weight excluding hydrogens is 584 g/mol. The van der Waals surface area contributed by atoms with E-state index in [2.05, 4.69) is 0 Å². The van der Waals surface area contributed by atoms with Gasteiger partial charge in [0.2, 0.25) is 0 Å². The molecule has 0 atom stereocenters. The second-order valence-electron chi connectivity index (χ2n) is 10.6. The normalized spacial score (nSPS) is 10.7. The number of aryl methyl sites for hydroxylation is 2. The minimum atomic E-state index is -0.542. The fourth-order valence-corrected chi connectivity index (χ4v) is 5.22. The van der Waals surface area contributed by atoms with Gasteiger partial charge in [0.15, 0.2) is 0 Å². The molecule has 6 aromatic rings. The molecule has 2 heterocycles. The predicted molar refractivity (Wildman–Crippen MR) is 180 cm³/mol. The van der Waals surface area contributed by atoms with E-state index in [1.807, 2.05) is 12.1 Å². The van der Waals surface area contributed by atoms with Crippen molar-refractivity contribution in [1.82, 2.24) is 9.13 Å². The maximum atomic E-state index is 12.7. The lowest BCUT2D eigenvalue weighted by atomic mass is 10.1. The minimum absolute atomic E-state index is 0.224. The van der Waals surface area contributed by atoms with E-state index >= 15 is 0 Å². The van der Waals surface area contributed by atoms with Crippen LogP contribution >= 0.6 is 0 Å². The third kappa shape index (κ3) is 5.59. The molecule has 0 saturated carbocycles. The summed E-state index contributed by atoms with van der Waals surface area (Å²) < 4.78 is 2.75. The van der Waals surface area contributed by atoms with Crippen molar-refractivity contribution in [2.45, 2.75) is 0 Å². The van der Waals surface area contributed by atoms with Gasteiger partial charge in [-0.15, -0.1) is 0 Å². The van der Waals surface area contributed by atoms with Gasteiger partial charge >= 0.3 is 0 Å². The number of pyridine rings is 2. The van der Waals surface area contributed by atoms with E-state index < -0.39 is 22.9 Å². The van der Waals surface area contributed by atoms with Crippen LogP contribution in [0.3, 0.4) is 0 Å². The Morgan fingerprint density at radius 1 is 0.522 bits per heavy atom. The second kappa shape index (κ2) is 12.8. The standard InChI is InChI=1S/2C18H16N2O3/c2*1-19(12-8-4-3-5-9-12)17(22)15-16(21)13-10-6-7-11-14(13)20(2)18(15)23/h2*3-11,21H,1-2H3. The maximum Gasteiger partial charge on any atom is 0.267 e. The lowest BCUT2D eigenvalue weighted by Crippen LogP contribution is -2.34. The molecule has 6 rings (SSSR count). The van der Waals surface area contributed by atoms with Gasteiger partial charge in [0.1, 0.15) is 22.6 Å². The van der Waals surface area contributed by atoms with Crippen molar-refractivity contribution < 1.29 is 19.8 Å². The summed E-state index contributed by atoms with van der Waals surface area (Å²) in [5.41, 5.74) is 0.958. The van der Waals surface area contributed by atoms with Crippen molar-refractivity contribution >= 4 is 45.0 Å². The van der Waals surface area contributed by atoms with Crippen LogP contribution in [0, 0.1) is 0 Å². The molecule has 4 aromatic carbocycles. The fourth-order valence-electron chi connectivity index (χ4n) is 5.22. The number of aromatic hydroxyl groups is 2. The molecule has 2 aromatic heterocycles.